The number of carbonyl (C=O) groups excluding carboxylic acids is 2. The molecule has 10 nitrogen and oxygen atoms in total. The second-order valence-electron chi connectivity index (χ2n) is 11.3. The van der Waals surface area contributed by atoms with Crippen LogP contribution >= 0.6 is 11.8 Å². The zero-order valence-corrected chi connectivity index (χ0v) is 27.2. The highest BCUT2D eigenvalue weighted by molar-refractivity contribution is 7.99. The van der Waals surface area contributed by atoms with Gasteiger partial charge in [0.1, 0.15) is 6.04 Å². The molecule has 250 valence electrons. The Hall–Kier alpha value is -4.68. The number of urea groups is 1. The highest BCUT2D eigenvalue weighted by Crippen LogP contribution is 2.39. The Morgan fingerprint density at radius 1 is 0.854 bits per heavy atom. The van der Waals surface area contributed by atoms with Crippen LogP contribution in [0.2, 0.25) is 0 Å². The van der Waals surface area contributed by atoms with Crippen molar-refractivity contribution in [3.05, 3.63) is 137 Å². The fraction of sp³-hybridized carbons (Fsp3) is 0.270. The summed E-state index contributed by atoms with van der Waals surface area (Å²) in [6.07, 6.45) is -0.367. The molecule has 0 unspecified atom stereocenters. The molecule has 0 radical (unpaired) electrons. The number of ether oxygens (including phenoxy) is 3. The van der Waals surface area contributed by atoms with E-state index in [-0.39, 0.29) is 30.9 Å². The lowest BCUT2D eigenvalue weighted by Crippen LogP contribution is -2.47. The number of hydrogen-bond donors (Lipinski definition) is 4. The maximum atomic E-state index is 12.7. The second-order valence-corrected chi connectivity index (χ2v) is 12.4. The maximum absolute atomic E-state index is 12.7. The van der Waals surface area contributed by atoms with E-state index < -0.39 is 30.3 Å². The van der Waals surface area contributed by atoms with Crippen LogP contribution in [0.4, 0.5) is 4.79 Å². The Bertz CT molecular complexity index is 1670. The van der Waals surface area contributed by atoms with E-state index in [2.05, 4.69) is 10.6 Å². The lowest BCUT2D eigenvalue weighted by atomic mass is 10.0. The number of aliphatic hydroxyl groups is 1. The number of methoxy groups -OCH3 is 1. The van der Waals surface area contributed by atoms with E-state index >= 15 is 0 Å². The van der Waals surface area contributed by atoms with Gasteiger partial charge >= 0.3 is 18.0 Å². The molecule has 1 saturated heterocycles. The smallest absolute Gasteiger partial charge is 0.336 e. The van der Waals surface area contributed by atoms with Gasteiger partial charge in [-0.2, -0.15) is 0 Å². The number of carboxylic acid groups (broad SMARTS) is 1. The number of esters is 1. The summed E-state index contributed by atoms with van der Waals surface area (Å²) in [6.45, 7) is 0.169. The predicted molar refractivity (Wildman–Crippen MR) is 180 cm³/mol. The molecule has 5 rings (SSSR count). The molecule has 2 amide bonds. The van der Waals surface area contributed by atoms with Crippen molar-refractivity contribution in [1.29, 1.82) is 0 Å². The molecular formula is C37H38N2O8S. The largest absolute Gasteiger partial charge is 0.478 e. The molecule has 0 aliphatic carbocycles. The van der Waals surface area contributed by atoms with Crippen LogP contribution in [-0.2, 0) is 38.6 Å². The van der Waals surface area contributed by atoms with Gasteiger partial charge in [-0.1, -0.05) is 91.0 Å². The van der Waals surface area contributed by atoms with Crippen molar-refractivity contribution in [2.24, 2.45) is 0 Å². The quantitative estimate of drug-likeness (QED) is 0.103. The molecule has 4 N–H and O–H groups in total. The van der Waals surface area contributed by atoms with Crippen LogP contribution in [0.15, 0.2) is 108 Å². The molecule has 4 aromatic carbocycles. The van der Waals surface area contributed by atoms with Crippen molar-refractivity contribution in [2.45, 2.75) is 55.4 Å². The van der Waals surface area contributed by atoms with E-state index in [1.807, 2.05) is 84.9 Å². The summed E-state index contributed by atoms with van der Waals surface area (Å²) in [5.41, 5.74) is 4.51. The first-order valence-corrected chi connectivity index (χ1v) is 16.5. The fourth-order valence-electron chi connectivity index (χ4n) is 5.34. The minimum absolute atomic E-state index is 0.0534. The van der Waals surface area contributed by atoms with Crippen LogP contribution in [0, 0.1) is 0 Å². The third-order valence-electron chi connectivity index (χ3n) is 7.94. The number of carbonyl (C=O) groups is 3. The third-order valence-corrected chi connectivity index (χ3v) is 9.14. The molecular weight excluding hydrogens is 632 g/mol. The highest BCUT2D eigenvalue weighted by atomic mass is 32.2. The van der Waals surface area contributed by atoms with Crippen LogP contribution in [0.3, 0.4) is 0 Å². The van der Waals surface area contributed by atoms with Crippen LogP contribution in [0.25, 0.3) is 0 Å². The number of aliphatic hydroxyl groups excluding tert-OH is 1. The van der Waals surface area contributed by atoms with Gasteiger partial charge in [0.05, 0.1) is 31.5 Å². The number of hydrogen-bond acceptors (Lipinski definition) is 8. The maximum Gasteiger partial charge on any atom is 0.336 e. The normalized spacial score (nSPS) is 18.0. The predicted octanol–water partition coefficient (Wildman–Crippen LogP) is 5.80. The third kappa shape index (κ3) is 9.45. The van der Waals surface area contributed by atoms with Crippen LogP contribution in [0.5, 0.6) is 0 Å². The molecule has 1 aliphatic rings. The number of rotatable bonds is 13. The lowest BCUT2D eigenvalue weighted by Gasteiger charge is -2.36. The number of thioether (sulfide) groups is 1. The van der Waals surface area contributed by atoms with E-state index in [9.17, 15) is 24.6 Å². The average Bonchev–Trinajstić information content (AvgIpc) is 3.13. The molecule has 0 aromatic heterocycles. The SMILES string of the molecule is COC(=O)[C@H](Cc1ccccc1)NC(=O)NCc1ccc([C@H]2O[C@@H](CSc3ccccc3C(=O)O)C[C@@H](c3ccc(CO)cc3)O2)cc1. The van der Waals surface area contributed by atoms with Gasteiger partial charge < -0.3 is 35.1 Å². The Labute approximate surface area is 283 Å². The zero-order valence-electron chi connectivity index (χ0n) is 26.4. The molecule has 0 spiro atoms. The van der Waals surface area contributed by atoms with Crippen molar-refractivity contribution in [2.75, 3.05) is 12.9 Å². The van der Waals surface area contributed by atoms with Gasteiger partial charge in [-0.25, -0.2) is 14.4 Å². The molecule has 1 fully saturated rings. The Morgan fingerprint density at radius 2 is 1.52 bits per heavy atom. The summed E-state index contributed by atoms with van der Waals surface area (Å²) < 4.78 is 17.7. The standard InChI is InChI=1S/C37H38N2O8S/c1-45-35(43)31(19-24-7-3-2-4-8-24)39-37(44)38-21-25-11-17-28(18-12-25)36-46-29(23-48-33-10-6-5-9-30(33)34(41)42)20-32(47-36)27-15-13-26(22-40)14-16-27/h2-18,29,31-32,36,40H,19-23H2,1H3,(H,41,42)(H2,38,39,44)/t29-,31+,32+,36+/m1/s1. The van der Waals surface area contributed by atoms with Crippen molar-refractivity contribution < 1.29 is 38.8 Å². The number of nitrogens with one attached hydrogen (secondary N) is 2. The van der Waals surface area contributed by atoms with Crippen molar-refractivity contribution >= 4 is 29.7 Å². The van der Waals surface area contributed by atoms with E-state index in [0.29, 0.717) is 23.5 Å². The summed E-state index contributed by atoms with van der Waals surface area (Å²) in [5.74, 6) is -0.992. The number of benzene rings is 4. The second kappa shape index (κ2) is 16.9. The van der Waals surface area contributed by atoms with Crippen molar-refractivity contribution in [1.82, 2.24) is 10.6 Å². The summed E-state index contributed by atoms with van der Waals surface area (Å²) in [5, 5.41) is 24.6. The van der Waals surface area contributed by atoms with Gasteiger partial charge in [0.2, 0.25) is 0 Å². The first kappa shape index (κ1) is 34.6. The molecule has 48 heavy (non-hydrogen) atoms. The molecule has 11 heteroatoms. The monoisotopic (exact) mass is 670 g/mol. The molecule has 0 saturated carbocycles. The average molecular weight is 671 g/mol. The number of amides is 2. The highest BCUT2D eigenvalue weighted by Gasteiger charge is 2.32. The van der Waals surface area contributed by atoms with Crippen LogP contribution < -0.4 is 10.6 Å². The summed E-state index contributed by atoms with van der Waals surface area (Å²) >= 11 is 1.43. The first-order chi connectivity index (χ1) is 23.3. The number of aromatic carboxylic acids is 1. The Morgan fingerprint density at radius 3 is 2.21 bits per heavy atom. The van der Waals surface area contributed by atoms with Gasteiger partial charge in [-0.3, -0.25) is 0 Å². The molecule has 1 heterocycles. The van der Waals surface area contributed by atoms with E-state index in [1.54, 1.807) is 18.2 Å². The van der Waals surface area contributed by atoms with Crippen LogP contribution in [0.1, 0.15) is 57.0 Å². The molecule has 4 aromatic rings. The van der Waals surface area contributed by atoms with E-state index in [1.165, 1.54) is 18.9 Å². The summed E-state index contributed by atoms with van der Waals surface area (Å²) in [4.78, 5) is 37.4. The van der Waals surface area contributed by atoms with Crippen molar-refractivity contribution in [3.8, 4) is 0 Å². The summed E-state index contributed by atoms with van der Waals surface area (Å²) in [6, 6.07) is 30.1. The molecule has 0 bridgehead atoms. The number of carboxylic acids is 1. The minimum atomic E-state index is -0.978. The van der Waals surface area contributed by atoms with Crippen molar-refractivity contribution in [3.63, 3.8) is 0 Å². The fourth-order valence-corrected chi connectivity index (χ4v) is 6.41. The van der Waals surface area contributed by atoms with Gasteiger partial charge in [-0.15, -0.1) is 11.8 Å². The molecule has 4 atom stereocenters. The van der Waals surface area contributed by atoms with Gasteiger partial charge in [0, 0.05) is 35.6 Å². The first-order valence-electron chi connectivity index (χ1n) is 15.5. The van der Waals surface area contributed by atoms with Crippen LogP contribution in [-0.4, -0.2) is 53.2 Å². The topological polar surface area (TPSA) is 143 Å². The van der Waals surface area contributed by atoms with Gasteiger partial charge in [0.15, 0.2) is 6.29 Å². The van der Waals surface area contributed by atoms with Gasteiger partial charge in [0.25, 0.3) is 0 Å². The summed E-state index contributed by atoms with van der Waals surface area (Å²) in [7, 11) is 1.29. The minimum Gasteiger partial charge on any atom is -0.478 e. The van der Waals surface area contributed by atoms with E-state index in [4.69, 9.17) is 14.2 Å². The van der Waals surface area contributed by atoms with Gasteiger partial charge in [-0.05, 0) is 34.4 Å². The van der Waals surface area contributed by atoms with E-state index in [0.717, 1.165) is 27.8 Å². The lowest BCUT2D eigenvalue weighted by molar-refractivity contribution is -0.245. The zero-order chi connectivity index (χ0) is 33.9. The Balaban J connectivity index is 1.23. The molecule has 1 aliphatic heterocycles. The Kier molecular flexibility index (Phi) is 12.2.